The molecule has 69 heavy (non-hydrogen) atoms. The summed E-state index contributed by atoms with van der Waals surface area (Å²) in [5, 5.41) is 0. The van der Waals surface area contributed by atoms with Gasteiger partial charge in [0.15, 0.2) is 23.0 Å². The Balaban J connectivity index is 1.39. The van der Waals surface area contributed by atoms with Crippen molar-refractivity contribution in [3.8, 4) is 56.4 Å². The van der Waals surface area contributed by atoms with Crippen molar-refractivity contribution in [2.24, 2.45) is 0 Å². The van der Waals surface area contributed by atoms with E-state index in [0.717, 1.165) is 28.7 Å². The van der Waals surface area contributed by atoms with Crippen LogP contribution >= 0.6 is 0 Å². The summed E-state index contributed by atoms with van der Waals surface area (Å²) in [6, 6.07) is 25.2. The number of ether oxygens (including phenoxy) is 16. The van der Waals surface area contributed by atoms with Crippen molar-refractivity contribution < 1.29 is 75.8 Å². The van der Waals surface area contributed by atoms with Gasteiger partial charge in [-0.3, -0.25) is 0 Å². The lowest BCUT2D eigenvalue weighted by Gasteiger charge is -2.20. The van der Waals surface area contributed by atoms with Gasteiger partial charge in [-0.25, -0.2) is 0 Å². The molecule has 0 heterocycles. The molecule has 4 aromatic rings. The number of fused-ring (bicyclic) bond motifs is 3. The van der Waals surface area contributed by atoms with E-state index in [0.29, 0.717) is 182 Å². The molecule has 0 fully saturated rings. The van der Waals surface area contributed by atoms with Crippen LogP contribution in [0.25, 0.3) is 33.4 Å². The SMILES string of the molecule is COCCOCCOCCOc1ccc(-c2ccc3c(c2-c2ccc(OCCOCCOCCOC)c(OCCOCCOCCOC)c2)Cc2ccccc2-3)cc1OCCOCCOCCOC. The van der Waals surface area contributed by atoms with Crippen molar-refractivity contribution in [1.82, 2.24) is 0 Å². The molecule has 0 spiro atoms. The minimum Gasteiger partial charge on any atom is -0.487 e. The smallest absolute Gasteiger partial charge is 0.161 e. The maximum atomic E-state index is 6.45. The molecule has 0 aliphatic heterocycles. The van der Waals surface area contributed by atoms with Gasteiger partial charge in [-0.15, -0.1) is 0 Å². The monoisotopic (exact) mass is 966 g/mol. The maximum absolute atomic E-state index is 6.45. The Labute approximate surface area is 408 Å². The number of methoxy groups -OCH3 is 4. The summed E-state index contributed by atoms with van der Waals surface area (Å²) >= 11 is 0. The van der Waals surface area contributed by atoms with Gasteiger partial charge < -0.3 is 75.8 Å². The Morgan fingerprint density at radius 3 is 1.09 bits per heavy atom. The van der Waals surface area contributed by atoms with Gasteiger partial charge in [-0.05, 0) is 75.2 Å². The second-order valence-corrected chi connectivity index (χ2v) is 15.4. The van der Waals surface area contributed by atoms with Crippen molar-refractivity contribution in [3.63, 3.8) is 0 Å². The van der Waals surface area contributed by atoms with Crippen LogP contribution in [0.4, 0.5) is 0 Å². The van der Waals surface area contributed by atoms with Gasteiger partial charge in [0, 0.05) is 28.4 Å². The van der Waals surface area contributed by atoms with E-state index in [1.54, 1.807) is 28.4 Å². The third kappa shape index (κ3) is 20.1. The summed E-state index contributed by atoms with van der Waals surface area (Å²) in [6.07, 6.45) is 0.768. The predicted molar refractivity (Wildman–Crippen MR) is 262 cm³/mol. The van der Waals surface area contributed by atoms with Gasteiger partial charge >= 0.3 is 0 Å². The molecule has 16 nitrogen and oxygen atoms in total. The van der Waals surface area contributed by atoms with Crippen molar-refractivity contribution in [2.75, 3.05) is 187 Å². The molecule has 382 valence electrons. The van der Waals surface area contributed by atoms with Crippen LogP contribution in [0.5, 0.6) is 23.0 Å². The minimum atomic E-state index is 0.304. The van der Waals surface area contributed by atoms with Crippen LogP contribution < -0.4 is 18.9 Å². The highest BCUT2D eigenvalue weighted by Gasteiger charge is 2.26. The third-order valence-corrected chi connectivity index (χ3v) is 10.6. The first-order valence-electron chi connectivity index (χ1n) is 23.8. The lowest BCUT2D eigenvalue weighted by Crippen LogP contribution is -2.14. The molecule has 1 aliphatic carbocycles. The van der Waals surface area contributed by atoms with E-state index in [-0.39, 0.29) is 0 Å². The van der Waals surface area contributed by atoms with Crippen molar-refractivity contribution in [1.29, 1.82) is 0 Å². The zero-order valence-corrected chi connectivity index (χ0v) is 41.1. The van der Waals surface area contributed by atoms with Crippen LogP contribution in [-0.2, 0) is 63.3 Å². The van der Waals surface area contributed by atoms with Crippen molar-refractivity contribution >= 4 is 0 Å². The lowest BCUT2D eigenvalue weighted by atomic mass is 9.87. The van der Waals surface area contributed by atoms with E-state index in [2.05, 4.69) is 54.6 Å². The lowest BCUT2D eigenvalue weighted by molar-refractivity contribution is 0.0160. The van der Waals surface area contributed by atoms with Crippen LogP contribution in [0.2, 0.25) is 0 Å². The van der Waals surface area contributed by atoms with Crippen LogP contribution in [0.15, 0.2) is 72.8 Å². The molecule has 0 amide bonds. The molecule has 0 unspecified atom stereocenters. The number of hydrogen-bond donors (Lipinski definition) is 0. The molecule has 16 heteroatoms. The topological polar surface area (TPSA) is 148 Å². The highest BCUT2D eigenvalue weighted by molar-refractivity contribution is 5.94. The highest BCUT2D eigenvalue weighted by atomic mass is 16.6. The van der Waals surface area contributed by atoms with E-state index in [1.165, 1.54) is 22.3 Å². The van der Waals surface area contributed by atoms with Crippen molar-refractivity contribution in [2.45, 2.75) is 6.42 Å². The third-order valence-electron chi connectivity index (χ3n) is 10.6. The fraction of sp³-hybridized carbons (Fsp3) is 0.547. The standard InChI is InChI=1S/C53H74O16/c1-54-15-19-58-23-27-62-31-35-66-49-13-9-43(40-51(49)68-37-33-64-29-25-60-21-17-56-3)46-11-12-47-45-8-6-5-7-42(45)39-48(47)53(46)44-10-14-50(67-36-32-63-28-24-59-20-16-55-2)52(41-44)69-38-34-65-30-26-61-22-18-57-4/h5-14,40-41H,15-39H2,1-4H3. The molecular weight excluding hydrogens is 893 g/mol. The van der Waals surface area contributed by atoms with Crippen LogP contribution in [0.1, 0.15) is 11.1 Å². The summed E-state index contributed by atoms with van der Waals surface area (Å²) in [5.41, 5.74) is 8.95. The van der Waals surface area contributed by atoms with Gasteiger partial charge in [0.2, 0.25) is 0 Å². The molecule has 0 radical (unpaired) electrons. The zero-order chi connectivity index (χ0) is 48.4. The molecule has 0 saturated carbocycles. The zero-order valence-electron chi connectivity index (χ0n) is 41.1. The Morgan fingerprint density at radius 1 is 0.304 bits per heavy atom. The van der Waals surface area contributed by atoms with Gasteiger partial charge in [-0.1, -0.05) is 48.5 Å². The quantitative estimate of drug-likeness (QED) is 0.0376. The first-order valence-corrected chi connectivity index (χ1v) is 23.8. The molecule has 0 atom stereocenters. The Kier molecular flexibility index (Phi) is 28.0. The van der Waals surface area contributed by atoms with Gasteiger partial charge in [-0.2, -0.15) is 0 Å². The van der Waals surface area contributed by atoms with Gasteiger partial charge in [0.05, 0.1) is 132 Å². The fourth-order valence-electron chi connectivity index (χ4n) is 7.28. The van der Waals surface area contributed by atoms with Crippen LogP contribution in [-0.4, -0.2) is 187 Å². The maximum Gasteiger partial charge on any atom is 0.161 e. The minimum absolute atomic E-state index is 0.304. The molecule has 5 rings (SSSR count). The second kappa shape index (κ2) is 34.8. The summed E-state index contributed by atoms with van der Waals surface area (Å²) in [7, 11) is 6.59. The Bertz CT molecular complexity index is 1980. The number of hydrogen-bond acceptors (Lipinski definition) is 16. The highest BCUT2D eigenvalue weighted by Crippen LogP contribution is 2.48. The molecule has 0 bridgehead atoms. The molecular formula is C53H74O16. The number of rotatable bonds is 42. The Morgan fingerprint density at radius 2 is 0.652 bits per heavy atom. The molecule has 0 saturated heterocycles. The van der Waals surface area contributed by atoms with E-state index >= 15 is 0 Å². The summed E-state index contributed by atoms with van der Waals surface area (Å²) in [5.74, 6) is 2.38. The van der Waals surface area contributed by atoms with E-state index in [9.17, 15) is 0 Å². The molecule has 4 aromatic carbocycles. The van der Waals surface area contributed by atoms with Gasteiger partial charge in [0.1, 0.15) is 26.4 Å². The largest absolute Gasteiger partial charge is 0.487 e. The average molecular weight is 967 g/mol. The van der Waals surface area contributed by atoms with Gasteiger partial charge in [0.25, 0.3) is 0 Å². The van der Waals surface area contributed by atoms with E-state index in [1.807, 2.05) is 18.2 Å². The predicted octanol–water partition coefficient (Wildman–Crippen LogP) is 6.83. The van der Waals surface area contributed by atoms with E-state index in [4.69, 9.17) is 75.8 Å². The first-order chi connectivity index (χ1) is 34.2. The molecule has 1 aliphatic rings. The van der Waals surface area contributed by atoms with E-state index < -0.39 is 0 Å². The van der Waals surface area contributed by atoms with Crippen molar-refractivity contribution in [3.05, 3.63) is 83.9 Å². The molecule has 0 N–H and O–H groups in total. The fourth-order valence-corrected chi connectivity index (χ4v) is 7.28. The van der Waals surface area contributed by atoms with Crippen LogP contribution in [0, 0.1) is 0 Å². The second-order valence-electron chi connectivity index (χ2n) is 15.4. The average Bonchev–Trinajstić information content (AvgIpc) is 3.76. The van der Waals surface area contributed by atoms with Crippen LogP contribution in [0.3, 0.4) is 0 Å². The first kappa shape index (κ1) is 55.5. The summed E-state index contributed by atoms with van der Waals surface area (Å²) in [4.78, 5) is 0. The number of benzene rings is 4. The normalized spacial score (nSPS) is 11.8. The Hall–Kier alpha value is -4.40. The summed E-state index contributed by atoms with van der Waals surface area (Å²) in [6.45, 7) is 10.6. The summed E-state index contributed by atoms with van der Waals surface area (Å²) < 4.78 is 91.0. The molecule has 0 aromatic heterocycles.